The van der Waals surface area contributed by atoms with Crippen molar-refractivity contribution in [3.8, 4) is 5.75 Å². The van der Waals surface area contributed by atoms with E-state index in [0.717, 1.165) is 12.1 Å². The third-order valence-corrected chi connectivity index (χ3v) is 2.90. The standard InChI is InChI=1S/C13H15F3O2/c1-9-7-12(5-6-17-9)18-11-4-2-3-10(8-11)13(14,15)16/h2-4,8-9,12H,5-7H2,1H3. The van der Waals surface area contributed by atoms with Gasteiger partial charge in [-0.2, -0.15) is 13.2 Å². The second-order valence-electron chi connectivity index (χ2n) is 4.47. The van der Waals surface area contributed by atoms with Crippen LogP contribution in [0.3, 0.4) is 0 Å². The van der Waals surface area contributed by atoms with Gasteiger partial charge in [-0.15, -0.1) is 0 Å². The Balaban J connectivity index is 2.05. The maximum Gasteiger partial charge on any atom is 0.416 e. The van der Waals surface area contributed by atoms with Crippen LogP contribution in [0.1, 0.15) is 25.3 Å². The third-order valence-electron chi connectivity index (χ3n) is 2.90. The fourth-order valence-corrected chi connectivity index (χ4v) is 2.00. The van der Waals surface area contributed by atoms with Crippen LogP contribution in [0.15, 0.2) is 24.3 Å². The first-order valence-electron chi connectivity index (χ1n) is 5.90. The Morgan fingerprint density at radius 2 is 2.11 bits per heavy atom. The molecule has 1 heterocycles. The molecule has 1 saturated heterocycles. The Morgan fingerprint density at radius 1 is 1.33 bits per heavy atom. The lowest BCUT2D eigenvalue weighted by Gasteiger charge is -2.28. The van der Waals surface area contributed by atoms with E-state index in [1.54, 1.807) is 6.07 Å². The van der Waals surface area contributed by atoms with E-state index in [2.05, 4.69) is 0 Å². The van der Waals surface area contributed by atoms with Gasteiger partial charge in [0.15, 0.2) is 0 Å². The quantitative estimate of drug-likeness (QED) is 0.808. The molecular weight excluding hydrogens is 245 g/mol. The summed E-state index contributed by atoms with van der Waals surface area (Å²) in [6.45, 7) is 2.52. The molecule has 0 spiro atoms. The summed E-state index contributed by atoms with van der Waals surface area (Å²) in [5, 5.41) is 0. The van der Waals surface area contributed by atoms with Crippen molar-refractivity contribution >= 4 is 0 Å². The van der Waals surface area contributed by atoms with Crippen LogP contribution < -0.4 is 4.74 Å². The van der Waals surface area contributed by atoms with Gasteiger partial charge >= 0.3 is 6.18 Å². The lowest BCUT2D eigenvalue weighted by Crippen LogP contribution is -2.31. The van der Waals surface area contributed by atoms with Gasteiger partial charge in [0.2, 0.25) is 0 Å². The van der Waals surface area contributed by atoms with Gasteiger partial charge in [0, 0.05) is 12.8 Å². The van der Waals surface area contributed by atoms with Gasteiger partial charge < -0.3 is 9.47 Å². The predicted octanol–water partition coefficient (Wildman–Crippen LogP) is 3.65. The second-order valence-corrected chi connectivity index (χ2v) is 4.47. The van der Waals surface area contributed by atoms with Gasteiger partial charge in [0.05, 0.1) is 18.3 Å². The van der Waals surface area contributed by atoms with Crippen molar-refractivity contribution < 1.29 is 22.6 Å². The first-order chi connectivity index (χ1) is 8.45. The maximum atomic E-state index is 12.5. The average Bonchev–Trinajstić information content (AvgIpc) is 2.28. The number of rotatable bonds is 2. The van der Waals surface area contributed by atoms with Gasteiger partial charge in [0.1, 0.15) is 11.9 Å². The van der Waals surface area contributed by atoms with Crippen molar-refractivity contribution in [1.29, 1.82) is 0 Å². The number of hydrogen-bond acceptors (Lipinski definition) is 2. The van der Waals surface area contributed by atoms with Crippen molar-refractivity contribution in [2.45, 2.75) is 38.1 Å². The van der Waals surface area contributed by atoms with Crippen LogP contribution in [0, 0.1) is 0 Å². The van der Waals surface area contributed by atoms with Crippen molar-refractivity contribution in [1.82, 2.24) is 0 Å². The molecular formula is C13H15F3O2. The largest absolute Gasteiger partial charge is 0.490 e. The number of halogens is 3. The highest BCUT2D eigenvalue weighted by atomic mass is 19.4. The van der Waals surface area contributed by atoms with Gasteiger partial charge in [-0.1, -0.05) is 6.07 Å². The fourth-order valence-electron chi connectivity index (χ4n) is 2.00. The van der Waals surface area contributed by atoms with Gasteiger partial charge in [-0.3, -0.25) is 0 Å². The summed E-state index contributed by atoms with van der Waals surface area (Å²) in [4.78, 5) is 0. The molecule has 2 atom stereocenters. The Morgan fingerprint density at radius 3 is 2.78 bits per heavy atom. The Labute approximate surface area is 104 Å². The molecule has 5 heteroatoms. The van der Waals surface area contributed by atoms with E-state index in [1.807, 2.05) is 6.92 Å². The van der Waals surface area contributed by atoms with Crippen molar-refractivity contribution in [2.24, 2.45) is 0 Å². The highest BCUT2D eigenvalue weighted by Crippen LogP contribution is 2.32. The molecule has 1 aliphatic rings. The minimum atomic E-state index is -4.33. The highest BCUT2D eigenvalue weighted by molar-refractivity contribution is 5.30. The molecule has 0 amide bonds. The van der Waals surface area contributed by atoms with Crippen LogP contribution >= 0.6 is 0 Å². The summed E-state index contributed by atoms with van der Waals surface area (Å²) < 4.78 is 48.5. The summed E-state index contributed by atoms with van der Waals surface area (Å²) in [6.07, 6.45) is -2.90. The maximum absolute atomic E-state index is 12.5. The molecule has 1 aromatic carbocycles. The Kier molecular flexibility index (Phi) is 3.80. The number of ether oxygens (including phenoxy) is 2. The molecule has 0 aromatic heterocycles. The molecule has 2 unspecified atom stereocenters. The average molecular weight is 260 g/mol. The first kappa shape index (κ1) is 13.2. The molecule has 0 aliphatic carbocycles. The van der Waals surface area contributed by atoms with Crippen molar-refractivity contribution in [3.63, 3.8) is 0 Å². The summed E-state index contributed by atoms with van der Waals surface area (Å²) in [5.74, 6) is 0.268. The zero-order valence-electron chi connectivity index (χ0n) is 10.0. The summed E-state index contributed by atoms with van der Waals surface area (Å²) in [5.41, 5.74) is -0.680. The zero-order chi connectivity index (χ0) is 13.2. The van der Waals surface area contributed by atoms with Gasteiger partial charge in [-0.25, -0.2) is 0 Å². The van der Waals surface area contributed by atoms with E-state index in [1.165, 1.54) is 6.07 Å². The van der Waals surface area contributed by atoms with Gasteiger partial charge in [0.25, 0.3) is 0 Å². The lowest BCUT2D eigenvalue weighted by atomic mass is 10.1. The van der Waals surface area contributed by atoms with Crippen LogP contribution in [-0.2, 0) is 10.9 Å². The summed E-state index contributed by atoms with van der Waals surface area (Å²) >= 11 is 0. The second kappa shape index (κ2) is 5.18. The minimum Gasteiger partial charge on any atom is -0.490 e. The Hall–Kier alpha value is -1.23. The number of alkyl halides is 3. The Bertz CT molecular complexity index is 403. The molecule has 0 N–H and O–H groups in total. The third kappa shape index (κ3) is 3.38. The van der Waals surface area contributed by atoms with Crippen LogP contribution in [0.25, 0.3) is 0 Å². The molecule has 1 fully saturated rings. The smallest absolute Gasteiger partial charge is 0.416 e. The number of benzene rings is 1. The molecule has 0 saturated carbocycles. The fraction of sp³-hybridized carbons (Fsp3) is 0.538. The predicted molar refractivity (Wildman–Crippen MR) is 60.5 cm³/mol. The molecule has 1 aliphatic heterocycles. The number of hydrogen-bond donors (Lipinski definition) is 0. The lowest BCUT2D eigenvalue weighted by molar-refractivity contribution is -0.137. The molecule has 1 aromatic rings. The van der Waals surface area contributed by atoms with Crippen molar-refractivity contribution in [3.05, 3.63) is 29.8 Å². The molecule has 0 radical (unpaired) electrons. The van der Waals surface area contributed by atoms with E-state index in [0.29, 0.717) is 19.4 Å². The zero-order valence-corrected chi connectivity index (χ0v) is 10.0. The minimum absolute atomic E-state index is 0.0720. The molecule has 2 rings (SSSR count). The van der Waals surface area contributed by atoms with Crippen LogP contribution in [0.2, 0.25) is 0 Å². The first-order valence-corrected chi connectivity index (χ1v) is 5.90. The van der Waals surface area contributed by atoms with Gasteiger partial charge in [-0.05, 0) is 25.1 Å². The van der Waals surface area contributed by atoms with E-state index < -0.39 is 11.7 Å². The summed E-state index contributed by atoms with van der Waals surface area (Å²) in [6, 6.07) is 5.00. The van der Waals surface area contributed by atoms with E-state index in [9.17, 15) is 13.2 Å². The van der Waals surface area contributed by atoms with E-state index >= 15 is 0 Å². The van der Waals surface area contributed by atoms with Crippen LogP contribution in [0.5, 0.6) is 5.75 Å². The normalized spacial score (nSPS) is 24.9. The molecule has 0 bridgehead atoms. The topological polar surface area (TPSA) is 18.5 Å². The molecule has 100 valence electrons. The van der Waals surface area contributed by atoms with Crippen LogP contribution in [-0.4, -0.2) is 18.8 Å². The van der Waals surface area contributed by atoms with E-state index in [-0.39, 0.29) is 18.0 Å². The van der Waals surface area contributed by atoms with Crippen molar-refractivity contribution in [2.75, 3.05) is 6.61 Å². The highest BCUT2D eigenvalue weighted by Gasteiger charge is 2.31. The monoisotopic (exact) mass is 260 g/mol. The van der Waals surface area contributed by atoms with E-state index in [4.69, 9.17) is 9.47 Å². The molecule has 18 heavy (non-hydrogen) atoms. The molecule has 2 nitrogen and oxygen atoms in total. The van der Waals surface area contributed by atoms with Crippen LogP contribution in [0.4, 0.5) is 13.2 Å². The SMILES string of the molecule is CC1CC(Oc2cccc(C(F)(F)F)c2)CCO1. The summed E-state index contributed by atoms with van der Waals surface area (Å²) in [7, 11) is 0.